The highest BCUT2D eigenvalue weighted by Crippen LogP contribution is 2.10. The van der Waals surface area contributed by atoms with E-state index in [2.05, 4.69) is 5.32 Å². The first-order valence-electron chi connectivity index (χ1n) is 6.10. The summed E-state index contributed by atoms with van der Waals surface area (Å²) >= 11 is 0. The molecule has 0 saturated carbocycles. The fourth-order valence-electron chi connectivity index (χ4n) is 1.66. The van der Waals surface area contributed by atoms with Crippen molar-refractivity contribution < 1.29 is 14.7 Å². The largest absolute Gasteiger partial charge is 0.481 e. The van der Waals surface area contributed by atoms with Gasteiger partial charge in [-0.3, -0.25) is 9.59 Å². The summed E-state index contributed by atoms with van der Waals surface area (Å²) in [6, 6.07) is -0.00495. The smallest absolute Gasteiger partial charge is 0.303 e. The fraction of sp³-hybridized carbons (Fsp3) is 0.833. The van der Waals surface area contributed by atoms with Gasteiger partial charge < -0.3 is 16.2 Å². The highest BCUT2D eigenvalue weighted by atomic mass is 16.4. The average Bonchev–Trinajstić information content (AvgIpc) is 2.16. The van der Waals surface area contributed by atoms with E-state index in [1.54, 1.807) is 0 Å². The molecule has 5 nitrogen and oxygen atoms in total. The summed E-state index contributed by atoms with van der Waals surface area (Å²) in [6.07, 6.45) is 1.39. The van der Waals surface area contributed by atoms with Gasteiger partial charge in [0.25, 0.3) is 0 Å². The predicted octanol–water partition coefficient (Wildman–Crippen LogP) is 0.977. The number of hydrogen-bond donors (Lipinski definition) is 3. The number of carboxylic acid groups (broad SMARTS) is 1. The number of hydrogen-bond acceptors (Lipinski definition) is 3. The number of rotatable bonds is 8. The Morgan fingerprint density at radius 2 is 1.88 bits per heavy atom. The van der Waals surface area contributed by atoms with Gasteiger partial charge in [-0.25, -0.2) is 0 Å². The van der Waals surface area contributed by atoms with Gasteiger partial charge in [0.05, 0.1) is 5.92 Å². The number of aliphatic carboxylic acids is 1. The van der Waals surface area contributed by atoms with Crippen molar-refractivity contribution in [3.8, 4) is 0 Å². The summed E-state index contributed by atoms with van der Waals surface area (Å²) in [4.78, 5) is 22.2. The fourth-order valence-corrected chi connectivity index (χ4v) is 1.66. The molecule has 0 saturated heterocycles. The molecule has 0 aromatic carbocycles. The maximum atomic E-state index is 11.8. The number of nitrogens with one attached hydrogen (secondary N) is 1. The number of carbonyl (C=O) groups is 2. The van der Waals surface area contributed by atoms with Crippen LogP contribution in [0.15, 0.2) is 0 Å². The maximum Gasteiger partial charge on any atom is 0.303 e. The summed E-state index contributed by atoms with van der Waals surface area (Å²) in [6.45, 7) is 6.15. The van der Waals surface area contributed by atoms with Gasteiger partial charge in [0, 0.05) is 19.0 Å². The monoisotopic (exact) mass is 244 g/mol. The second kappa shape index (κ2) is 8.06. The van der Waals surface area contributed by atoms with E-state index < -0.39 is 5.97 Å². The molecular weight excluding hydrogens is 220 g/mol. The molecule has 2 atom stereocenters. The van der Waals surface area contributed by atoms with Crippen LogP contribution in [0, 0.1) is 11.8 Å². The zero-order valence-corrected chi connectivity index (χ0v) is 10.9. The lowest BCUT2D eigenvalue weighted by atomic mass is 9.94. The third-order valence-corrected chi connectivity index (χ3v) is 2.81. The van der Waals surface area contributed by atoms with Crippen LogP contribution in [0.4, 0.5) is 0 Å². The van der Waals surface area contributed by atoms with Crippen LogP contribution in [0.1, 0.15) is 40.0 Å². The molecule has 17 heavy (non-hydrogen) atoms. The Bertz CT molecular complexity index is 254. The van der Waals surface area contributed by atoms with E-state index in [4.69, 9.17) is 10.8 Å². The molecule has 0 aliphatic rings. The Morgan fingerprint density at radius 3 is 2.29 bits per heavy atom. The van der Waals surface area contributed by atoms with Gasteiger partial charge in [0.2, 0.25) is 5.91 Å². The van der Waals surface area contributed by atoms with Gasteiger partial charge in [-0.1, -0.05) is 13.8 Å². The van der Waals surface area contributed by atoms with Crippen LogP contribution in [0.3, 0.4) is 0 Å². The molecular formula is C12H24N2O3. The van der Waals surface area contributed by atoms with Crippen molar-refractivity contribution in [2.45, 2.75) is 46.1 Å². The lowest BCUT2D eigenvalue weighted by Gasteiger charge is -2.21. The number of nitrogens with two attached hydrogens (primary N) is 1. The van der Waals surface area contributed by atoms with E-state index in [1.807, 2.05) is 20.8 Å². The summed E-state index contributed by atoms with van der Waals surface area (Å²) < 4.78 is 0. The topological polar surface area (TPSA) is 92.4 Å². The lowest BCUT2D eigenvalue weighted by molar-refractivity contribution is -0.137. The van der Waals surface area contributed by atoms with Crippen molar-refractivity contribution in [1.82, 2.24) is 5.32 Å². The van der Waals surface area contributed by atoms with Crippen LogP contribution < -0.4 is 11.1 Å². The van der Waals surface area contributed by atoms with E-state index in [9.17, 15) is 9.59 Å². The molecule has 5 heteroatoms. The molecule has 0 bridgehead atoms. The van der Waals surface area contributed by atoms with Crippen molar-refractivity contribution in [2.24, 2.45) is 17.6 Å². The van der Waals surface area contributed by atoms with Gasteiger partial charge in [-0.15, -0.1) is 0 Å². The van der Waals surface area contributed by atoms with Crippen LogP contribution >= 0.6 is 0 Å². The Labute approximate surface area is 103 Å². The number of carboxylic acids is 1. The van der Waals surface area contributed by atoms with Crippen molar-refractivity contribution in [1.29, 1.82) is 0 Å². The van der Waals surface area contributed by atoms with Crippen LogP contribution in [-0.2, 0) is 9.59 Å². The molecule has 0 aliphatic heterocycles. The van der Waals surface area contributed by atoms with E-state index in [1.165, 1.54) is 0 Å². The zero-order chi connectivity index (χ0) is 13.4. The third-order valence-electron chi connectivity index (χ3n) is 2.81. The molecule has 0 radical (unpaired) electrons. The van der Waals surface area contributed by atoms with Crippen LogP contribution in [0.2, 0.25) is 0 Å². The van der Waals surface area contributed by atoms with Gasteiger partial charge in [0.15, 0.2) is 0 Å². The predicted molar refractivity (Wildman–Crippen MR) is 66.5 cm³/mol. The molecule has 2 unspecified atom stereocenters. The molecule has 4 N–H and O–H groups in total. The highest BCUT2D eigenvalue weighted by Gasteiger charge is 2.21. The Balaban J connectivity index is 3.97. The third kappa shape index (κ3) is 6.94. The molecule has 0 rings (SSSR count). The maximum absolute atomic E-state index is 11.8. The first-order valence-corrected chi connectivity index (χ1v) is 6.10. The SMILES string of the molecule is CC(CCCC(=O)O)NC(=O)C(CN)C(C)C. The Hall–Kier alpha value is -1.10. The van der Waals surface area contributed by atoms with Gasteiger partial charge in [0.1, 0.15) is 0 Å². The van der Waals surface area contributed by atoms with Crippen molar-refractivity contribution in [3.63, 3.8) is 0 Å². The molecule has 0 heterocycles. The van der Waals surface area contributed by atoms with Crippen LogP contribution in [0.25, 0.3) is 0 Å². The number of amides is 1. The highest BCUT2D eigenvalue weighted by molar-refractivity contribution is 5.79. The van der Waals surface area contributed by atoms with Gasteiger partial charge >= 0.3 is 5.97 Å². The van der Waals surface area contributed by atoms with E-state index in [-0.39, 0.29) is 30.2 Å². The second-order valence-electron chi connectivity index (χ2n) is 4.78. The average molecular weight is 244 g/mol. The second-order valence-corrected chi connectivity index (χ2v) is 4.78. The number of carbonyl (C=O) groups excluding carboxylic acids is 1. The molecule has 0 aromatic rings. The first-order chi connectivity index (χ1) is 7.88. The van der Waals surface area contributed by atoms with Crippen molar-refractivity contribution >= 4 is 11.9 Å². The van der Waals surface area contributed by atoms with Crippen LogP contribution in [-0.4, -0.2) is 29.6 Å². The zero-order valence-electron chi connectivity index (χ0n) is 10.9. The molecule has 0 fully saturated rings. The molecule has 0 spiro atoms. The van der Waals surface area contributed by atoms with Gasteiger partial charge in [-0.05, 0) is 25.7 Å². The minimum atomic E-state index is -0.800. The molecule has 0 aliphatic carbocycles. The van der Waals surface area contributed by atoms with Crippen molar-refractivity contribution in [3.05, 3.63) is 0 Å². The molecule has 1 amide bonds. The normalized spacial score (nSPS) is 14.4. The summed E-state index contributed by atoms with van der Waals surface area (Å²) in [7, 11) is 0. The van der Waals surface area contributed by atoms with Crippen molar-refractivity contribution in [2.75, 3.05) is 6.54 Å². The summed E-state index contributed by atoms with van der Waals surface area (Å²) in [5, 5.41) is 11.4. The van der Waals surface area contributed by atoms with Crippen LogP contribution in [0.5, 0.6) is 0 Å². The molecule has 0 aromatic heterocycles. The Morgan fingerprint density at radius 1 is 1.29 bits per heavy atom. The van der Waals surface area contributed by atoms with E-state index in [0.29, 0.717) is 19.4 Å². The van der Waals surface area contributed by atoms with Gasteiger partial charge in [-0.2, -0.15) is 0 Å². The van der Waals surface area contributed by atoms with E-state index >= 15 is 0 Å². The Kier molecular flexibility index (Phi) is 7.54. The minimum Gasteiger partial charge on any atom is -0.481 e. The quantitative estimate of drug-likeness (QED) is 0.593. The standard InChI is InChI=1S/C12H24N2O3/c1-8(2)10(7-13)12(17)14-9(3)5-4-6-11(15)16/h8-10H,4-7,13H2,1-3H3,(H,14,17)(H,15,16). The summed E-state index contributed by atoms with van der Waals surface area (Å²) in [5.74, 6) is -0.793. The molecule has 100 valence electrons. The minimum absolute atomic E-state index is 0.00495. The first kappa shape index (κ1) is 15.9. The lowest BCUT2D eigenvalue weighted by Crippen LogP contribution is -2.42. The summed E-state index contributed by atoms with van der Waals surface area (Å²) in [5.41, 5.74) is 5.55. The van der Waals surface area contributed by atoms with E-state index in [0.717, 1.165) is 0 Å².